The monoisotopic (exact) mass is 426 g/mol. The lowest BCUT2D eigenvalue weighted by atomic mass is 10.2. The SMILES string of the molecule is CCCOc1ccc(C(=O)NC(=S)Nc2c(Cl)cc(C(=O)O)cc2Cl)cc1. The Morgan fingerprint density at radius 3 is 2.22 bits per heavy atom. The molecule has 0 unspecified atom stereocenters. The van der Waals surface area contributed by atoms with Crippen molar-refractivity contribution in [3.05, 3.63) is 57.6 Å². The van der Waals surface area contributed by atoms with Gasteiger partial charge in [0.25, 0.3) is 5.91 Å². The second-order valence-corrected chi connectivity index (χ2v) is 6.62. The molecule has 0 radical (unpaired) electrons. The molecule has 0 spiro atoms. The summed E-state index contributed by atoms with van der Waals surface area (Å²) in [5.74, 6) is -0.914. The fraction of sp³-hybridized carbons (Fsp3) is 0.167. The Balaban J connectivity index is 2.03. The lowest BCUT2D eigenvalue weighted by Gasteiger charge is -2.13. The van der Waals surface area contributed by atoms with Crippen molar-refractivity contribution in [2.45, 2.75) is 13.3 Å². The van der Waals surface area contributed by atoms with Gasteiger partial charge in [0.2, 0.25) is 0 Å². The normalized spacial score (nSPS) is 10.2. The van der Waals surface area contributed by atoms with Gasteiger partial charge in [-0.15, -0.1) is 0 Å². The summed E-state index contributed by atoms with van der Waals surface area (Å²) in [5.41, 5.74) is 0.536. The molecule has 0 aliphatic rings. The first kappa shape index (κ1) is 21.0. The van der Waals surface area contributed by atoms with Crippen LogP contribution in [0.25, 0.3) is 0 Å². The molecule has 0 aliphatic carbocycles. The van der Waals surface area contributed by atoms with Crippen LogP contribution in [0.3, 0.4) is 0 Å². The quantitative estimate of drug-likeness (QED) is 0.584. The Morgan fingerprint density at radius 2 is 1.70 bits per heavy atom. The molecule has 0 atom stereocenters. The number of halogens is 2. The molecule has 0 bridgehead atoms. The minimum Gasteiger partial charge on any atom is -0.494 e. The second-order valence-electron chi connectivity index (χ2n) is 5.40. The van der Waals surface area contributed by atoms with Gasteiger partial charge in [0.1, 0.15) is 5.75 Å². The maximum Gasteiger partial charge on any atom is 0.335 e. The maximum absolute atomic E-state index is 12.3. The number of thiocarbonyl (C=S) groups is 1. The summed E-state index contributed by atoms with van der Waals surface area (Å²) in [4.78, 5) is 23.3. The summed E-state index contributed by atoms with van der Waals surface area (Å²) in [6.07, 6.45) is 0.890. The van der Waals surface area contributed by atoms with Crippen LogP contribution in [0.5, 0.6) is 5.75 Å². The number of carbonyl (C=O) groups excluding carboxylic acids is 1. The highest BCUT2D eigenvalue weighted by molar-refractivity contribution is 7.80. The molecule has 2 rings (SSSR count). The largest absolute Gasteiger partial charge is 0.494 e. The average Bonchev–Trinajstić information content (AvgIpc) is 2.63. The lowest BCUT2D eigenvalue weighted by Crippen LogP contribution is -2.34. The van der Waals surface area contributed by atoms with Crippen molar-refractivity contribution in [2.75, 3.05) is 11.9 Å². The number of hydrogen-bond donors (Lipinski definition) is 3. The van der Waals surface area contributed by atoms with Crippen molar-refractivity contribution in [2.24, 2.45) is 0 Å². The number of carboxylic acid groups (broad SMARTS) is 1. The standard InChI is InChI=1S/C18H16Cl2N2O4S/c1-2-7-26-12-5-3-10(4-6-12)16(23)22-18(27)21-15-13(19)8-11(17(24)25)9-14(15)20/h3-6,8-9H,2,7H2,1H3,(H,24,25)(H2,21,22,23,27). The molecule has 1 amide bonds. The van der Waals surface area contributed by atoms with Gasteiger partial charge in [0.05, 0.1) is 27.9 Å². The molecule has 0 saturated carbocycles. The van der Waals surface area contributed by atoms with Crippen LogP contribution in [0, 0.1) is 0 Å². The fourth-order valence-electron chi connectivity index (χ4n) is 2.06. The van der Waals surface area contributed by atoms with Crippen LogP contribution in [0.4, 0.5) is 5.69 Å². The highest BCUT2D eigenvalue weighted by atomic mass is 35.5. The second kappa shape index (κ2) is 9.55. The van der Waals surface area contributed by atoms with Crippen LogP contribution in [0.2, 0.25) is 10.0 Å². The van der Waals surface area contributed by atoms with Crippen molar-refractivity contribution in [1.29, 1.82) is 0 Å². The van der Waals surface area contributed by atoms with Crippen LogP contribution in [0.15, 0.2) is 36.4 Å². The zero-order chi connectivity index (χ0) is 20.0. The summed E-state index contributed by atoms with van der Waals surface area (Å²) in [6.45, 7) is 2.60. The Kier molecular flexibility index (Phi) is 7.41. The number of nitrogens with one attached hydrogen (secondary N) is 2. The molecular weight excluding hydrogens is 411 g/mol. The van der Waals surface area contributed by atoms with Gasteiger partial charge in [-0.3, -0.25) is 10.1 Å². The molecule has 2 aromatic rings. The zero-order valence-electron chi connectivity index (χ0n) is 14.2. The van der Waals surface area contributed by atoms with Gasteiger partial charge in [-0.05, 0) is 55.0 Å². The first-order valence-corrected chi connectivity index (χ1v) is 9.05. The van der Waals surface area contributed by atoms with Gasteiger partial charge in [-0.2, -0.15) is 0 Å². The third-order valence-electron chi connectivity index (χ3n) is 3.34. The maximum atomic E-state index is 12.3. The zero-order valence-corrected chi connectivity index (χ0v) is 16.5. The van der Waals surface area contributed by atoms with E-state index in [-0.39, 0.29) is 26.4 Å². The van der Waals surface area contributed by atoms with E-state index in [1.54, 1.807) is 24.3 Å². The smallest absolute Gasteiger partial charge is 0.335 e. The van der Waals surface area contributed by atoms with E-state index in [0.29, 0.717) is 17.9 Å². The predicted octanol–water partition coefficient (Wildman–Crippen LogP) is 4.61. The van der Waals surface area contributed by atoms with Gasteiger partial charge in [0, 0.05) is 5.56 Å². The first-order chi connectivity index (χ1) is 12.8. The number of carbonyl (C=O) groups is 2. The number of benzene rings is 2. The summed E-state index contributed by atoms with van der Waals surface area (Å²) < 4.78 is 5.46. The Morgan fingerprint density at radius 1 is 1.11 bits per heavy atom. The third kappa shape index (κ3) is 5.82. The van der Waals surface area contributed by atoms with E-state index in [1.165, 1.54) is 12.1 Å². The van der Waals surface area contributed by atoms with Crippen molar-refractivity contribution in [1.82, 2.24) is 5.32 Å². The van der Waals surface area contributed by atoms with Gasteiger partial charge in [-0.25, -0.2) is 4.79 Å². The number of hydrogen-bond acceptors (Lipinski definition) is 4. The van der Waals surface area contributed by atoms with Crippen LogP contribution in [-0.2, 0) is 0 Å². The highest BCUT2D eigenvalue weighted by Gasteiger charge is 2.15. The van der Waals surface area contributed by atoms with E-state index in [9.17, 15) is 9.59 Å². The molecule has 0 heterocycles. The van der Waals surface area contributed by atoms with Gasteiger partial charge in [0.15, 0.2) is 5.11 Å². The fourth-order valence-corrected chi connectivity index (χ4v) is 2.83. The number of rotatable bonds is 6. The molecule has 0 fully saturated rings. The lowest BCUT2D eigenvalue weighted by molar-refractivity contribution is 0.0696. The molecule has 3 N–H and O–H groups in total. The molecule has 27 heavy (non-hydrogen) atoms. The molecular formula is C18H16Cl2N2O4S. The van der Waals surface area contributed by atoms with E-state index in [1.807, 2.05) is 6.92 Å². The summed E-state index contributed by atoms with van der Waals surface area (Å²) in [5, 5.41) is 14.3. The van der Waals surface area contributed by atoms with Crippen molar-refractivity contribution in [3.8, 4) is 5.75 Å². The summed E-state index contributed by atoms with van der Waals surface area (Å²) >= 11 is 17.2. The minimum absolute atomic E-state index is 0.0295. The Bertz CT molecular complexity index is 849. The van der Waals surface area contributed by atoms with E-state index in [0.717, 1.165) is 6.42 Å². The van der Waals surface area contributed by atoms with Gasteiger partial charge in [-0.1, -0.05) is 30.1 Å². The van der Waals surface area contributed by atoms with Crippen molar-refractivity contribution in [3.63, 3.8) is 0 Å². The third-order valence-corrected chi connectivity index (χ3v) is 4.14. The number of ether oxygens (including phenoxy) is 1. The van der Waals surface area contributed by atoms with Gasteiger partial charge < -0.3 is 15.2 Å². The van der Waals surface area contributed by atoms with Crippen LogP contribution >= 0.6 is 35.4 Å². The van der Waals surface area contributed by atoms with E-state index in [4.69, 9.17) is 45.3 Å². The van der Waals surface area contributed by atoms with Crippen molar-refractivity contribution < 1.29 is 19.4 Å². The van der Waals surface area contributed by atoms with E-state index < -0.39 is 11.9 Å². The number of anilines is 1. The minimum atomic E-state index is -1.16. The molecule has 142 valence electrons. The van der Waals surface area contributed by atoms with Crippen molar-refractivity contribution >= 4 is 58.1 Å². The number of aromatic carboxylic acids is 1. The van der Waals surface area contributed by atoms with Gasteiger partial charge >= 0.3 is 5.97 Å². The summed E-state index contributed by atoms with van der Waals surface area (Å²) in [6, 6.07) is 9.09. The van der Waals surface area contributed by atoms with Crippen LogP contribution in [0.1, 0.15) is 34.1 Å². The molecule has 2 aromatic carbocycles. The number of amides is 1. The first-order valence-electron chi connectivity index (χ1n) is 7.89. The topological polar surface area (TPSA) is 87.7 Å². The van der Waals surface area contributed by atoms with E-state index >= 15 is 0 Å². The molecule has 9 heteroatoms. The van der Waals surface area contributed by atoms with Crippen LogP contribution < -0.4 is 15.4 Å². The van der Waals surface area contributed by atoms with Crippen LogP contribution in [-0.4, -0.2) is 28.7 Å². The van der Waals surface area contributed by atoms with E-state index in [2.05, 4.69) is 10.6 Å². The number of carboxylic acids is 1. The highest BCUT2D eigenvalue weighted by Crippen LogP contribution is 2.31. The Labute approximate surface area is 171 Å². The molecule has 0 saturated heterocycles. The average molecular weight is 427 g/mol. The summed E-state index contributed by atoms with van der Waals surface area (Å²) in [7, 11) is 0. The molecule has 0 aliphatic heterocycles. The predicted molar refractivity (Wildman–Crippen MR) is 109 cm³/mol. The molecule has 6 nitrogen and oxygen atoms in total. The Hall–Kier alpha value is -2.35. The molecule has 0 aromatic heterocycles.